The van der Waals surface area contributed by atoms with E-state index >= 15 is 0 Å². The van der Waals surface area contributed by atoms with Crippen molar-refractivity contribution in [1.29, 1.82) is 0 Å². The number of nitrogens with zero attached hydrogens (tertiary/aromatic N) is 3. The number of anilines is 1. The summed E-state index contributed by atoms with van der Waals surface area (Å²) in [5, 5.41) is 6.93. The number of aromatic nitrogens is 3. The lowest BCUT2D eigenvalue weighted by atomic mass is 10.2. The van der Waals surface area contributed by atoms with Crippen molar-refractivity contribution in [2.75, 3.05) is 5.32 Å². The van der Waals surface area contributed by atoms with E-state index in [4.69, 9.17) is 0 Å². The lowest BCUT2D eigenvalue weighted by molar-refractivity contribution is 0.102. The third-order valence-electron chi connectivity index (χ3n) is 3.04. The minimum absolute atomic E-state index is 0.274. The molecule has 0 spiro atoms. The van der Waals surface area contributed by atoms with Crippen molar-refractivity contribution in [3.05, 3.63) is 78.0 Å². The maximum atomic E-state index is 13.1. The monoisotopic (exact) mass is 296 g/mol. The molecular formula is C16H13FN4O. The van der Waals surface area contributed by atoms with Crippen LogP contribution in [0, 0.1) is 5.82 Å². The molecular weight excluding hydrogens is 283 g/mol. The van der Waals surface area contributed by atoms with Gasteiger partial charge in [0.25, 0.3) is 5.91 Å². The van der Waals surface area contributed by atoms with Gasteiger partial charge in [0.1, 0.15) is 5.82 Å². The molecule has 3 aromatic rings. The van der Waals surface area contributed by atoms with Gasteiger partial charge in [-0.15, -0.1) is 0 Å². The van der Waals surface area contributed by atoms with Crippen LogP contribution in [0.2, 0.25) is 0 Å². The molecule has 2 heterocycles. The fraction of sp³-hybridized carbons (Fsp3) is 0.0625. The molecule has 22 heavy (non-hydrogen) atoms. The predicted octanol–water partition coefficient (Wildman–Crippen LogP) is 2.72. The van der Waals surface area contributed by atoms with E-state index in [2.05, 4.69) is 15.4 Å². The van der Waals surface area contributed by atoms with E-state index in [1.54, 1.807) is 41.3 Å². The van der Waals surface area contributed by atoms with Gasteiger partial charge in [-0.2, -0.15) is 5.10 Å². The first-order valence-electron chi connectivity index (χ1n) is 6.70. The number of hydrogen-bond donors (Lipinski definition) is 1. The summed E-state index contributed by atoms with van der Waals surface area (Å²) >= 11 is 0. The maximum absolute atomic E-state index is 13.1. The molecule has 0 radical (unpaired) electrons. The van der Waals surface area contributed by atoms with Crippen molar-refractivity contribution in [3.8, 4) is 0 Å². The molecule has 2 aromatic heterocycles. The Kier molecular flexibility index (Phi) is 3.91. The number of halogens is 1. The van der Waals surface area contributed by atoms with Crippen LogP contribution in [0.5, 0.6) is 0 Å². The van der Waals surface area contributed by atoms with Crippen molar-refractivity contribution >= 4 is 11.7 Å². The number of hydrogen-bond acceptors (Lipinski definition) is 3. The lowest BCUT2D eigenvalue weighted by Crippen LogP contribution is -2.13. The van der Waals surface area contributed by atoms with Crippen LogP contribution in [0.25, 0.3) is 0 Å². The van der Waals surface area contributed by atoms with E-state index < -0.39 is 0 Å². The summed E-state index contributed by atoms with van der Waals surface area (Å²) in [6, 6.07) is 11.4. The molecule has 110 valence electrons. The Bertz CT molecular complexity index is 786. The zero-order valence-electron chi connectivity index (χ0n) is 11.6. The molecule has 0 fully saturated rings. The highest BCUT2D eigenvalue weighted by atomic mass is 19.1. The number of amides is 1. The Balaban J connectivity index is 1.68. The topological polar surface area (TPSA) is 59.8 Å². The van der Waals surface area contributed by atoms with Crippen LogP contribution >= 0.6 is 0 Å². The van der Waals surface area contributed by atoms with Gasteiger partial charge in [0.15, 0.2) is 5.82 Å². The summed E-state index contributed by atoms with van der Waals surface area (Å²) in [6.45, 7) is 0.431. The second kappa shape index (κ2) is 6.17. The highest BCUT2D eigenvalue weighted by Gasteiger charge is 2.08. The molecule has 3 rings (SSSR count). The first-order valence-corrected chi connectivity index (χ1v) is 6.70. The molecule has 1 N–H and O–H groups in total. The summed E-state index contributed by atoms with van der Waals surface area (Å²) in [5.74, 6) is -0.121. The maximum Gasteiger partial charge on any atom is 0.258 e. The van der Waals surface area contributed by atoms with Gasteiger partial charge in [0.05, 0.1) is 12.1 Å². The molecule has 0 atom stereocenters. The molecule has 0 bridgehead atoms. The molecule has 0 saturated heterocycles. The summed E-state index contributed by atoms with van der Waals surface area (Å²) < 4.78 is 14.8. The summed E-state index contributed by atoms with van der Waals surface area (Å²) in [7, 11) is 0. The number of carbonyl (C=O) groups is 1. The Hall–Kier alpha value is -3.02. The van der Waals surface area contributed by atoms with Gasteiger partial charge in [-0.05, 0) is 29.8 Å². The van der Waals surface area contributed by atoms with Crippen LogP contribution in [-0.4, -0.2) is 20.7 Å². The molecule has 6 heteroatoms. The van der Waals surface area contributed by atoms with Crippen LogP contribution in [0.1, 0.15) is 15.9 Å². The van der Waals surface area contributed by atoms with Gasteiger partial charge in [0.2, 0.25) is 0 Å². The molecule has 0 unspecified atom stereocenters. The van der Waals surface area contributed by atoms with Crippen LogP contribution in [0.4, 0.5) is 10.2 Å². The Morgan fingerprint density at radius 2 is 2.14 bits per heavy atom. The summed E-state index contributed by atoms with van der Waals surface area (Å²) in [5.41, 5.74) is 1.26. The van der Waals surface area contributed by atoms with Crippen molar-refractivity contribution in [3.63, 3.8) is 0 Å². The zero-order valence-corrected chi connectivity index (χ0v) is 11.6. The molecule has 0 saturated carbocycles. The third kappa shape index (κ3) is 3.35. The van der Waals surface area contributed by atoms with Crippen LogP contribution < -0.4 is 5.32 Å². The summed E-state index contributed by atoms with van der Waals surface area (Å²) in [6.07, 6.45) is 4.81. The smallest absolute Gasteiger partial charge is 0.258 e. The minimum Gasteiger partial charge on any atom is -0.305 e. The van der Waals surface area contributed by atoms with Crippen molar-refractivity contribution in [2.24, 2.45) is 0 Å². The highest BCUT2D eigenvalue weighted by Crippen LogP contribution is 2.09. The standard InChI is InChI=1S/C16H13FN4O/c17-14-5-1-3-12(9-14)11-21-8-6-15(20-21)19-16(22)13-4-2-7-18-10-13/h1-10H,11H2,(H,19,20,22). The number of benzene rings is 1. The number of nitrogens with one attached hydrogen (secondary N) is 1. The molecule has 0 aliphatic rings. The zero-order chi connectivity index (χ0) is 15.4. The third-order valence-corrected chi connectivity index (χ3v) is 3.04. The number of rotatable bonds is 4. The SMILES string of the molecule is O=C(Nc1ccn(Cc2cccc(F)c2)n1)c1cccnc1. The van der Waals surface area contributed by atoms with Crippen molar-refractivity contribution in [1.82, 2.24) is 14.8 Å². The lowest BCUT2D eigenvalue weighted by Gasteiger charge is -2.03. The molecule has 0 aliphatic heterocycles. The van der Waals surface area contributed by atoms with E-state index in [-0.39, 0.29) is 11.7 Å². The van der Waals surface area contributed by atoms with E-state index in [0.29, 0.717) is 17.9 Å². The normalized spacial score (nSPS) is 10.4. The first kappa shape index (κ1) is 13.9. The van der Waals surface area contributed by atoms with Gasteiger partial charge in [-0.25, -0.2) is 4.39 Å². The fourth-order valence-corrected chi connectivity index (χ4v) is 2.02. The average molecular weight is 296 g/mol. The summed E-state index contributed by atoms with van der Waals surface area (Å²) in [4.78, 5) is 15.9. The fourth-order valence-electron chi connectivity index (χ4n) is 2.02. The van der Waals surface area contributed by atoms with Gasteiger partial charge in [-0.3, -0.25) is 14.5 Å². The van der Waals surface area contributed by atoms with Crippen molar-refractivity contribution in [2.45, 2.75) is 6.54 Å². The second-order valence-corrected chi connectivity index (χ2v) is 4.72. The Morgan fingerprint density at radius 1 is 1.23 bits per heavy atom. The van der Waals surface area contributed by atoms with E-state index in [9.17, 15) is 9.18 Å². The van der Waals surface area contributed by atoms with E-state index in [1.807, 2.05) is 6.07 Å². The van der Waals surface area contributed by atoms with E-state index in [1.165, 1.54) is 18.3 Å². The molecule has 5 nitrogen and oxygen atoms in total. The second-order valence-electron chi connectivity index (χ2n) is 4.72. The van der Waals surface area contributed by atoms with Crippen molar-refractivity contribution < 1.29 is 9.18 Å². The van der Waals surface area contributed by atoms with E-state index in [0.717, 1.165) is 5.56 Å². The highest BCUT2D eigenvalue weighted by molar-refractivity contribution is 6.03. The Morgan fingerprint density at radius 3 is 2.91 bits per heavy atom. The van der Waals surface area contributed by atoms with Gasteiger partial charge >= 0.3 is 0 Å². The number of carbonyl (C=O) groups excluding carboxylic acids is 1. The number of pyridine rings is 1. The van der Waals surface area contributed by atoms with Gasteiger partial charge in [0, 0.05) is 24.7 Å². The van der Waals surface area contributed by atoms with Gasteiger partial charge < -0.3 is 5.32 Å². The molecule has 1 amide bonds. The first-order chi connectivity index (χ1) is 10.7. The minimum atomic E-state index is -0.283. The van der Waals surface area contributed by atoms with Crippen LogP contribution in [0.3, 0.4) is 0 Å². The predicted molar refractivity (Wildman–Crippen MR) is 79.9 cm³/mol. The molecule has 0 aliphatic carbocycles. The Labute approximate surface area is 126 Å². The average Bonchev–Trinajstić information content (AvgIpc) is 2.95. The molecule has 1 aromatic carbocycles. The quantitative estimate of drug-likeness (QED) is 0.805. The van der Waals surface area contributed by atoms with Crippen LogP contribution in [0.15, 0.2) is 61.1 Å². The largest absolute Gasteiger partial charge is 0.305 e. The van der Waals surface area contributed by atoms with Crippen LogP contribution in [-0.2, 0) is 6.54 Å². The van der Waals surface area contributed by atoms with Gasteiger partial charge in [-0.1, -0.05) is 12.1 Å².